The maximum Gasteiger partial charge on any atom is 0.199 e. The molecule has 0 aliphatic carbocycles. The Balaban J connectivity index is 2.18. The second-order valence-electron chi connectivity index (χ2n) is 5.70. The van der Waals surface area contributed by atoms with Gasteiger partial charge >= 0.3 is 0 Å². The number of aromatic hydroxyl groups is 1. The van der Waals surface area contributed by atoms with Crippen LogP contribution < -0.4 is 4.74 Å². The monoisotopic (exact) mass is 281 g/mol. The Hall–Kier alpha value is -2.42. The molecule has 0 spiro atoms. The van der Waals surface area contributed by atoms with Gasteiger partial charge in [0.1, 0.15) is 5.75 Å². The Labute approximate surface area is 124 Å². The van der Waals surface area contributed by atoms with Crippen LogP contribution in [0.25, 0.3) is 10.8 Å². The molecule has 2 aromatic carbocycles. The van der Waals surface area contributed by atoms with E-state index in [0.29, 0.717) is 0 Å². The van der Waals surface area contributed by atoms with E-state index in [1.807, 2.05) is 47.2 Å². The summed E-state index contributed by atoms with van der Waals surface area (Å²) in [5.74, 6) is 1.07. The van der Waals surface area contributed by atoms with E-state index >= 15 is 0 Å². The SMILES string of the molecule is COc1ccc2c(O)n(C(C)(C)c3ccccc3)cc2c1. The highest BCUT2D eigenvalue weighted by molar-refractivity contribution is 5.89. The number of aromatic nitrogens is 1. The number of hydrogen-bond acceptors (Lipinski definition) is 2. The van der Waals surface area contributed by atoms with Crippen molar-refractivity contribution in [3.05, 3.63) is 60.3 Å². The second-order valence-corrected chi connectivity index (χ2v) is 5.70. The quantitative estimate of drug-likeness (QED) is 0.783. The molecular weight excluding hydrogens is 262 g/mol. The average Bonchev–Trinajstić information content (AvgIpc) is 2.85. The van der Waals surface area contributed by atoms with Crippen molar-refractivity contribution >= 4 is 10.8 Å². The summed E-state index contributed by atoms with van der Waals surface area (Å²) in [7, 11) is 1.64. The average molecular weight is 281 g/mol. The summed E-state index contributed by atoms with van der Waals surface area (Å²) in [5.41, 5.74) is 0.810. The van der Waals surface area contributed by atoms with E-state index in [0.717, 1.165) is 22.1 Å². The van der Waals surface area contributed by atoms with Gasteiger partial charge in [-0.25, -0.2) is 0 Å². The minimum absolute atomic E-state index is 0.279. The number of hydrogen-bond donors (Lipinski definition) is 1. The summed E-state index contributed by atoms with van der Waals surface area (Å²) in [6, 6.07) is 15.9. The number of benzene rings is 2. The lowest BCUT2D eigenvalue weighted by Gasteiger charge is -2.28. The predicted octanol–water partition coefficient (Wildman–Crippen LogP) is 4.14. The fraction of sp³-hybridized carbons (Fsp3) is 0.222. The van der Waals surface area contributed by atoms with Crippen LogP contribution in [0.15, 0.2) is 54.7 Å². The second kappa shape index (κ2) is 4.85. The molecule has 0 saturated carbocycles. The van der Waals surface area contributed by atoms with Crippen LogP contribution in [0.4, 0.5) is 0 Å². The molecule has 3 aromatic rings. The van der Waals surface area contributed by atoms with Gasteiger partial charge in [-0.05, 0) is 37.6 Å². The van der Waals surface area contributed by atoms with E-state index in [2.05, 4.69) is 26.0 Å². The van der Waals surface area contributed by atoms with Crippen LogP contribution in [0, 0.1) is 0 Å². The smallest absolute Gasteiger partial charge is 0.199 e. The zero-order valence-electron chi connectivity index (χ0n) is 12.5. The topological polar surface area (TPSA) is 34.4 Å². The number of fused-ring (bicyclic) bond motifs is 1. The summed E-state index contributed by atoms with van der Waals surface area (Å²) in [4.78, 5) is 0. The van der Waals surface area contributed by atoms with Crippen molar-refractivity contribution in [3.63, 3.8) is 0 Å². The molecule has 3 heteroatoms. The molecule has 0 atom stereocenters. The van der Waals surface area contributed by atoms with E-state index in [-0.39, 0.29) is 11.4 Å². The first-order chi connectivity index (χ1) is 10.0. The molecule has 3 rings (SSSR count). The highest BCUT2D eigenvalue weighted by Crippen LogP contribution is 2.37. The van der Waals surface area contributed by atoms with Gasteiger partial charge in [0.25, 0.3) is 0 Å². The Morgan fingerprint density at radius 1 is 1.05 bits per heavy atom. The van der Waals surface area contributed by atoms with E-state index in [9.17, 15) is 5.11 Å². The molecular formula is C18H19NO2. The van der Waals surface area contributed by atoms with Crippen LogP contribution in [0.1, 0.15) is 19.4 Å². The number of nitrogens with zero attached hydrogens (tertiary/aromatic N) is 1. The van der Waals surface area contributed by atoms with E-state index in [1.165, 1.54) is 0 Å². The fourth-order valence-electron chi connectivity index (χ4n) is 2.72. The maximum absolute atomic E-state index is 10.6. The fourth-order valence-corrected chi connectivity index (χ4v) is 2.72. The van der Waals surface area contributed by atoms with Crippen LogP contribution in [0.5, 0.6) is 11.6 Å². The van der Waals surface area contributed by atoms with Crippen molar-refractivity contribution in [2.75, 3.05) is 7.11 Å². The van der Waals surface area contributed by atoms with Crippen molar-refractivity contribution in [1.82, 2.24) is 4.57 Å². The minimum atomic E-state index is -0.336. The third kappa shape index (κ3) is 2.15. The van der Waals surface area contributed by atoms with Crippen molar-refractivity contribution in [2.45, 2.75) is 19.4 Å². The summed E-state index contributed by atoms with van der Waals surface area (Å²) < 4.78 is 7.16. The molecule has 0 bridgehead atoms. The lowest BCUT2D eigenvalue weighted by molar-refractivity contribution is 0.350. The van der Waals surface area contributed by atoms with Gasteiger partial charge in [0.05, 0.1) is 12.6 Å². The lowest BCUT2D eigenvalue weighted by Crippen LogP contribution is -2.26. The largest absolute Gasteiger partial charge is 0.497 e. The van der Waals surface area contributed by atoms with E-state index in [4.69, 9.17) is 4.74 Å². The van der Waals surface area contributed by atoms with Crippen LogP contribution >= 0.6 is 0 Å². The number of methoxy groups -OCH3 is 1. The number of rotatable bonds is 3. The molecule has 0 aliphatic heterocycles. The van der Waals surface area contributed by atoms with Crippen molar-refractivity contribution in [3.8, 4) is 11.6 Å². The Bertz CT molecular complexity index is 773. The predicted molar refractivity (Wildman–Crippen MR) is 85.0 cm³/mol. The van der Waals surface area contributed by atoms with Gasteiger partial charge in [-0.15, -0.1) is 0 Å². The van der Waals surface area contributed by atoms with Gasteiger partial charge in [-0.2, -0.15) is 0 Å². The normalized spacial score (nSPS) is 11.8. The molecule has 1 N–H and O–H groups in total. The first-order valence-electron chi connectivity index (χ1n) is 6.98. The van der Waals surface area contributed by atoms with Crippen molar-refractivity contribution < 1.29 is 9.84 Å². The highest BCUT2D eigenvalue weighted by Gasteiger charge is 2.26. The number of ether oxygens (including phenoxy) is 1. The maximum atomic E-state index is 10.6. The van der Waals surface area contributed by atoms with Gasteiger partial charge in [0.2, 0.25) is 0 Å². The lowest BCUT2D eigenvalue weighted by atomic mass is 9.94. The molecule has 0 fully saturated rings. The van der Waals surface area contributed by atoms with Gasteiger partial charge in [0, 0.05) is 17.0 Å². The highest BCUT2D eigenvalue weighted by atomic mass is 16.5. The van der Waals surface area contributed by atoms with Gasteiger partial charge in [0.15, 0.2) is 5.88 Å². The summed E-state index contributed by atoms with van der Waals surface area (Å²) in [6.07, 6.45) is 1.97. The van der Waals surface area contributed by atoms with Crippen LogP contribution in [0.2, 0.25) is 0 Å². The molecule has 3 nitrogen and oxygen atoms in total. The van der Waals surface area contributed by atoms with Crippen LogP contribution in [-0.4, -0.2) is 16.8 Å². The molecule has 0 saturated heterocycles. The van der Waals surface area contributed by atoms with Crippen LogP contribution in [0.3, 0.4) is 0 Å². The third-order valence-corrected chi connectivity index (χ3v) is 4.08. The minimum Gasteiger partial charge on any atom is -0.497 e. The standard InChI is InChI=1S/C18H19NO2/c1-18(2,14-7-5-4-6-8-14)19-12-13-11-15(21-3)9-10-16(13)17(19)20/h4-12,20H,1-3H3. The van der Waals surface area contributed by atoms with Crippen molar-refractivity contribution in [2.24, 2.45) is 0 Å². The Morgan fingerprint density at radius 3 is 2.43 bits per heavy atom. The zero-order chi connectivity index (χ0) is 15.0. The molecule has 21 heavy (non-hydrogen) atoms. The molecule has 0 aliphatic rings. The van der Waals surface area contributed by atoms with E-state index in [1.54, 1.807) is 7.11 Å². The van der Waals surface area contributed by atoms with Crippen molar-refractivity contribution in [1.29, 1.82) is 0 Å². The van der Waals surface area contributed by atoms with Crippen LogP contribution in [-0.2, 0) is 5.54 Å². The molecule has 0 radical (unpaired) electrons. The molecule has 1 heterocycles. The molecule has 108 valence electrons. The zero-order valence-corrected chi connectivity index (χ0v) is 12.5. The third-order valence-electron chi connectivity index (χ3n) is 4.08. The first kappa shape index (κ1) is 13.6. The van der Waals surface area contributed by atoms with Gasteiger partial charge in [-0.3, -0.25) is 0 Å². The molecule has 0 unspecified atom stereocenters. The van der Waals surface area contributed by atoms with Gasteiger partial charge in [-0.1, -0.05) is 30.3 Å². The summed E-state index contributed by atoms with van der Waals surface area (Å²) >= 11 is 0. The Morgan fingerprint density at radius 2 is 1.76 bits per heavy atom. The first-order valence-corrected chi connectivity index (χ1v) is 6.98. The Kier molecular flexibility index (Phi) is 3.13. The van der Waals surface area contributed by atoms with E-state index < -0.39 is 0 Å². The summed E-state index contributed by atoms with van der Waals surface area (Å²) in [5, 5.41) is 12.4. The molecule has 0 amide bonds. The molecule has 1 aromatic heterocycles. The summed E-state index contributed by atoms with van der Waals surface area (Å²) in [6.45, 7) is 4.19. The van der Waals surface area contributed by atoms with Gasteiger partial charge < -0.3 is 14.4 Å².